The number of anilines is 4. The Hall–Kier alpha value is -9.12. The Bertz CT molecular complexity index is 3220. The zero-order valence-corrected chi connectivity index (χ0v) is 40.1. The van der Waals surface area contributed by atoms with E-state index in [1.54, 1.807) is 48.5 Å². The Morgan fingerprint density at radius 1 is 0.608 bits per heavy atom. The van der Waals surface area contributed by atoms with Crippen LogP contribution in [-0.4, -0.2) is 74.5 Å². The van der Waals surface area contributed by atoms with Gasteiger partial charge in [0.15, 0.2) is 0 Å². The number of hydrogen-bond donors (Lipinski definition) is 4. The fraction of sp³-hybridized carbons (Fsp3) is 0.115. The molecule has 4 aromatic carbocycles. The summed E-state index contributed by atoms with van der Waals surface area (Å²) in [7, 11) is -4.70. The van der Waals surface area contributed by atoms with Crippen molar-refractivity contribution >= 4 is 79.8 Å². The highest BCUT2D eigenvalue weighted by molar-refractivity contribution is 7.96. The molecule has 3 heterocycles. The highest BCUT2D eigenvalue weighted by Gasteiger charge is 2.55. The Kier molecular flexibility index (Phi) is 15.0. The van der Waals surface area contributed by atoms with Gasteiger partial charge in [-0.15, -0.1) is 0 Å². The van der Waals surface area contributed by atoms with Crippen molar-refractivity contribution in [2.75, 3.05) is 18.2 Å². The number of carbonyl (C=O) groups excluding carboxylic acids is 6. The maximum Gasteiger partial charge on any atom is 0.348 e. The second-order valence-electron chi connectivity index (χ2n) is 16.2. The van der Waals surface area contributed by atoms with E-state index in [4.69, 9.17) is 18.9 Å². The van der Waals surface area contributed by atoms with Crippen molar-refractivity contribution in [3.8, 4) is 0 Å². The predicted molar refractivity (Wildman–Crippen MR) is 267 cm³/mol. The quantitative estimate of drug-likeness (QED) is 0.0266. The first kappa shape index (κ1) is 51.2. The van der Waals surface area contributed by atoms with Gasteiger partial charge in [-0.05, 0) is 72.8 Å². The molecule has 2 spiro atoms. The standard InChI is InChI=1S/C52H42N4O16S2/c57-43(53-35-19-7-1-8-20-35)39(44(58)54(73(65)66)36-21-9-2-10-22-36)27-15-5-17-29-41-47(61)69-51(70-48(41)62)31-33-52(34-32-51)71-49(63)42(50(64)72-52)30-18-6-16-28-40-45(59)55(37-23-11-3-12-24-37)74(67,68)56(46(40)60)38-25-13-4-14-26-38/h1-30,61,63H,31-34H2,(H,53,57)(H,65,66)/b15-5?,16-6+,29-17?,30-18+,39-27?. The molecule has 4 amide bonds. The average molecular weight is 1040 g/mol. The van der Waals surface area contributed by atoms with Crippen LogP contribution in [-0.2, 0) is 69.2 Å². The maximum atomic E-state index is 13.7. The lowest BCUT2D eigenvalue weighted by Gasteiger charge is -2.46. The van der Waals surface area contributed by atoms with Crippen LogP contribution in [0.2, 0.25) is 0 Å². The minimum Gasteiger partial charge on any atom is -0.480 e. The highest BCUT2D eigenvalue weighted by Crippen LogP contribution is 2.46. The van der Waals surface area contributed by atoms with E-state index in [9.17, 15) is 56.2 Å². The Morgan fingerprint density at radius 3 is 1.49 bits per heavy atom. The molecule has 1 unspecified atom stereocenters. The van der Waals surface area contributed by atoms with Gasteiger partial charge in [0, 0.05) is 31.4 Å². The smallest absolute Gasteiger partial charge is 0.348 e. The van der Waals surface area contributed by atoms with Crippen LogP contribution in [0.15, 0.2) is 216 Å². The molecule has 1 saturated heterocycles. The van der Waals surface area contributed by atoms with E-state index >= 15 is 0 Å². The average Bonchev–Trinajstić information content (AvgIpc) is 3.38. The summed E-state index contributed by atoms with van der Waals surface area (Å²) in [6.45, 7) is 0. The number of aliphatic hydroxyl groups excluding tert-OH is 2. The molecule has 8 rings (SSSR count). The van der Waals surface area contributed by atoms with Crippen molar-refractivity contribution in [1.29, 1.82) is 0 Å². The van der Waals surface area contributed by atoms with Crippen molar-refractivity contribution in [1.82, 2.24) is 0 Å². The number of allylic oxidation sites excluding steroid dienone is 8. The number of benzene rings is 4. The summed E-state index contributed by atoms with van der Waals surface area (Å²) in [6.07, 6.45) is 11.5. The molecular formula is C52H42N4O16S2. The molecule has 378 valence electrons. The van der Waals surface area contributed by atoms with Gasteiger partial charge < -0.3 is 34.5 Å². The molecule has 3 aliphatic heterocycles. The number of esters is 2. The molecule has 22 heteroatoms. The second-order valence-corrected chi connectivity index (χ2v) is 18.6. The van der Waals surface area contributed by atoms with E-state index in [1.807, 2.05) is 0 Å². The molecule has 2 fully saturated rings. The van der Waals surface area contributed by atoms with Gasteiger partial charge in [-0.2, -0.15) is 17.0 Å². The summed E-state index contributed by atoms with van der Waals surface area (Å²) < 4.78 is 73.9. The Labute approximate surface area is 425 Å². The van der Waals surface area contributed by atoms with Gasteiger partial charge >= 0.3 is 22.1 Å². The molecule has 1 atom stereocenters. The topological polar surface area (TPSA) is 273 Å². The maximum absolute atomic E-state index is 13.7. The highest BCUT2D eigenvalue weighted by atomic mass is 32.2. The number of carbonyl (C=O) groups is 6. The van der Waals surface area contributed by atoms with E-state index in [2.05, 4.69) is 5.32 Å². The molecule has 4 N–H and O–H groups in total. The van der Waals surface area contributed by atoms with Crippen LogP contribution in [0.5, 0.6) is 0 Å². The van der Waals surface area contributed by atoms with Crippen LogP contribution in [0.3, 0.4) is 0 Å². The summed E-state index contributed by atoms with van der Waals surface area (Å²) in [5.41, 5.74) is -1.43. The summed E-state index contributed by atoms with van der Waals surface area (Å²) in [5, 5.41) is 24.3. The van der Waals surface area contributed by atoms with Gasteiger partial charge in [0.2, 0.25) is 0 Å². The number of aliphatic hydroxyl groups is 2. The lowest BCUT2D eigenvalue weighted by Crippen LogP contribution is -2.57. The summed E-state index contributed by atoms with van der Waals surface area (Å²) >= 11 is -2.87. The van der Waals surface area contributed by atoms with Gasteiger partial charge in [-0.1, -0.05) is 109 Å². The van der Waals surface area contributed by atoms with E-state index in [1.165, 1.54) is 109 Å². The number of ether oxygens (including phenoxy) is 4. The molecule has 0 bridgehead atoms. The summed E-state index contributed by atoms with van der Waals surface area (Å²) in [5.74, 6) is -11.2. The molecule has 20 nitrogen and oxygen atoms in total. The normalized spacial score (nSPS) is 19.0. The molecule has 4 aliphatic rings. The molecule has 1 aliphatic carbocycles. The number of para-hydroxylation sites is 4. The zero-order chi connectivity index (χ0) is 52.6. The van der Waals surface area contributed by atoms with Gasteiger partial charge in [0.05, 0.1) is 17.1 Å². The molecule has 1 saturated carbocycles. The third-order valence-corrected chi connectivity index (χ3v) is 13.8. The first-order valence-electron chi connectivity index (χ1n) is 22.3. The van der Waals surface area contributed by atoms with E-state index in [0.29, 0.717) is 18.6 Å². The minimum absolute atomic E-state index is 0.000871. The molecule has 4 aromatic rings. The van der Waals surface area contributed by atoms with Crippen LogP contribution in [0.1, 0.15) is 25.7 Å². The van der Waals surface area contributed by atoms with Crippen molar-refractivity contribution in [2.45, 2.75) is 37.3 Å². The number of hydrogen-bond acceptors (Lipinski definition) is 15. The summed E-state index contributed by atoms with van der Waals surface area (Å²) in [6, 6.07) is 30.7. The van der Waals surface area contributed by atoms with Crippen molar-refractivity contribution in [3.05, 3.63) is 216 Å². The lowest BCUT2D eigenvalue weighted by molar-refractivity contribution is -0.302. The largest absolute Gasteiger partial charge is 0.480 e. The monoisotopic (exact) mass is 1040 g/mol. The summed E-state index contributed by atoms with van der Waals surface area (Å²) in [4.78, 5) is 80.6. The number of nitrogens with one attached hydrogen (secondary N) is 1. The second kappa shape index (κ2) is 21.7. The van der Waals surface area contributed by atoms with E-state index in [-0.39, 0.29) is 42.7 Å². The number of amides is 4. The predicted octanol–water partition coefficient (Wildman–Crippen LogP) is 6.85. The SMILES string of the molecule is O=C(Nc1ccccc1)C(=CC=CC=CC1=C(O)OC2(CCC3(CC2)OC(=O)C(/C=C/C=C/C=C2C(=O)N(c4ccccc4)S(=O)(=O)N(c4ccccc4)C2=O)=C(O)O3)OC1=O)C(=O)N(c1ccccc1)S(=O)O. The first-order chi connectivity index (χ1) is 35.5. The Morgan fingerprint density at radius 2 is 1.04 bits per heavy atom. The van der Waals surface area contributed by atoms with E-state index < -0.39 is 103 Å². The van der Waals surface area contributed by atoms with Crippen LogP contribution in [0.4, 0.5) is 22.7 Å². The third kappa shape index (κ3) is 10.9. The van der Waals surface area contributed by atoms with Gasteiger partial charge in [0.1, 0.15) is 22.3 Å². The molecular weight excluding hydrogens is 1000 g/mol. The third-order valence-electron chi connectivity index (χ3n) is 11.4. The fourth-order valence-corrected chi connectivity index (χ4v) is 9.95. The van der Waals surface area contributed by atoms with Crippen molar-refractivity contribution in [2.24, 2.45) is 0 Å². The van der Waals surface area contributed by atoms with Crippen LogP contribution < -0.4 is 18.2 Å². The zero-order valence-electron chi connectivity index (χ0n) is 38.5. The van der Waals surface area contributed by atoms with E-state index in [0.717, 1.165) is 24.3 Å². The van der Waals surface area contributed by atoms with Crippen LogP contribution >= 0.6 is 0 Å². The molecule has 0 aromatic heterocycles. The van der Waals surface area contributed by atoms with Gasteiger partial charge in [-0.25, -0.2) is 18.1 Å². The first-order valence-corrected chi connectivity index (χ1v) is 24.7. The fourth-order valence-electron chi connectivity index (χ4n) is 7.85. The van der Waals surface area contributed by atoms with Gasteiger partial charge in [0.25, 0.3) is 58.4 Å². The molecule has 74 heavy (non-hydrogen) atoms. The number of nitrogens with zero attached hydrogens (tertiary/aromatic N) is 3. The van der Waals surface area contributed by atoms with Crippen molar-refractivity contribution < 1.29 is 75.1 Å². The molecule has 0 radical (unpaired) electrons. The Balaban J connectivity index is 0.913. The minimum atomic E-state index is -4.70. The van der Waals surface area contributed by atoms with Crippen LogP contribution in [0, 0.1) is 0 Å². The van der Waals surface area contributed by atoms with Gasteiger partial charge in [-0.3, -0.25) is 23.7 Å². The number of rotatable bonds is 13. The lowest BCUT2D eigenvalue weighted by atomic mass is 9.87. The van der Waals surface area contributed by atoms with Crippen LogP contribution in [0.25, 0.3) is 0 Å². The van der Waals surface area contributed by atoms with Crippen molar-refractivity contribution in [3.63, 3.8) is 0 Å².